The smallest absolute Gasteiger partial charge is 0.0710 e. The highest BCUT2D eigenvalue weighted by Crippen LogP contribution is 2.42. The van der Waals surface area contributed by atoms with Crippen molar-refractivity contribution in [3.63, 3.8) is 0 Å². The lowest BCUT2D eigenvalue weighted by Crippen LogP contribution is -2.52. The second-order valence-electron chi connectivity index (χ2n) is 6.34. The first-order chi connectivity index (χ1) is 8.30. The Morgan fingerprint density at radius 1 is 1.12 bits per heavy atom. The van der Waals surface area contributed by atoms with Gasteiger partial charge in [-0.3, -0.25) is 0 Å². The van der Waals surface area contributed by atoms with Gasteiger partial charge < -0.3 is 15.4 Å². The molecule has 1 aliphatic carbocycles. The van der Waals surface area contributed by atoms with Gasteiger partial charge in [0, 0.05) is 19.6 Å². The lowest BCUT2D eigenvalue weighted by Gasteiger charge is -2.40. The molecule has 0 radical (unpaired) electrons. The van der Waals surface area contributed by atoms with E-state index in [1.165, 1.54) is 58.0 Å². The monoisotopic (exact) mass is 238 g/mol. The van der Waals surface area contributed by atoms with Crippen LogP contribution in [0.15, 0.2) is 0 Å². The third-order valence-electron chi connectivity index (χ3n) is 4.93. The van der Waals surface area contributed by atoms with Gasteiger partial charge in [-0.05, 0) is 38.1 Å². The highest BCUT2D eigenvalue weighted by Gasteiger charge is 2.41. The van der Waals surface area contributed by atoms with Crippen molar-refractivity contribution in [3.8, 4) is 0 Å². The summed E-state index contributed by atoms with van der Waals surface area (Å²) in [4.78, 5) is 2.52. The predicted octanol–water partition coefficient (Wildman–Crippen LogP) is 1.76. The third kappa shape index (κ3) is 2.51. The van der Waals surface area contributed by atoms with Crippen LogP contribution in [0.1, 0.15) is 44.9 Å². The summed E-state index contributed by atoms with van der Waals surface area (Å²) in [6.45, 7) is 4.40. The molecule has 0 aromatic heterocycles. The molecular weight excluding hydrogens is 212 g/mol. The third-order valence-corrected chi connectivity index (χ3v) is 4.93. The molecule has 98 valence electrons. The predicted molar refractivity (Wildman–Crippen MR) is 68.9 cm³/mol. The molecule has 3 aliphatic rings. The normalized spacial score (nSPS) is 34.1. The zero-order chi connectivity index (χ0) is 11.7. The Labute approximate surface area is 105 Å². The van der Waals surface area contributed by atoms with Crippen LogP contribution in [0.25, 0.3) is 0 Å². The number of ether oxygens (including phenoxy) is 1. The molecule has 0 amide bonds. The van der Waals surface area contributed by atoms with Crippen LogP contribution in [0.2, 0.25) is 0 Å². The zero-order valence-electron chi connectivity index (χ0n) is 10.9. The summed E-state index contributed by atoms with van der Waals surface area (Å²) in [5.41, 5.74) is 5.95. The quantitative estimate of drug-likeness (QED) is 0.814. The van der Waals surface area contributed by atoms with Gasteiger partial charge in [0.1, 0.15) is 0 Å². The summed E-state index contributed by atoms with van der Waals surface area (Å²) < 4.78 is 6.39. The van der Waals surface area contributed by atoms with Gasteiger partial charge in [0.25, 0.3) is 0 Å². The average Bonchev–Trinajstić information content (AvgIpc) is 2.67. The fourth-order valence-corrected chi connectivity index (χ4v) is 3.85. The molecule has 2 aliphatic heterocycles. The van der Waals surface area contributed by atoms with Crippen LogP contribution in [-0.4, -0.2) is 42.8 Å². The molecule has 3 nitrogen and oxygen atoms in total. The summed E-state index contributed by atoms with van der Waals surface area (Å²) in [5.74, 6) is 0.750. The molecule has 1 spiro atoms. The molecule has 3 fully saturated rings. The number of nitrogens with two attached hydrogens (primary N) is 1. The minimum atomic E-state index is 0.293. The lowest BCUT2D eigenvalue weighted by molar-refractivity contribution is -0.0800. The van der Waals surface area contributed by atoms with E-state index in [9.17, 15) is 0 Å². The molecule has 2 saturated heterocycles. The van der Waals surface area contributed by atoms with E-state index >= 15 is 0 Å². The standard InChI is InChI=1S/C14H26N2O/c15-8-12-9-16(10-12)11-13-4-7-14(17-13)5-2-1-3-6-14/h12-13H,1-11,15H2. The summed E-state index contributed by atoms with van der Waals surface area (Å²) in [7, 11) is 0. The van der Waals surface area contributed by atoms with Crippen molar-refractivity contribution in [3.05, 3.63) is 0 Å². The second-order valence-corrected chi connectivity index (χ2v) is 6.34. The van der Waals surface area contributed by atoms with Crippen LogP contribution in [0.4, 0.5) is 0 Å². The molecule has 1 unspecified atom stereocenters. The van der Waals surface area contributed by atoms with Gasteiger partial charge in [0.05, 0.1) is 11.7 Å². The van der Waals surface area contributed by atoms with E-state index in [1.54, 1.807) is 0 Å². The molecule has 2 N–H and O–H groups in total. The van der Waals surface area contributed by atoms with E-state index in [4.69, 9.17) is 10.5 Å². The van der Waals surface area contributed by atoms with Crippen LogP contribution >= 0.6 is 0 Å². The molecule has 0 aromatic rings. The van der Waals surface area contributed by atoms with Crippen molar-refractivity contribution in [2.75, 3.05) is 26.2 Å². The molecule has 1 atom stereocenters. The van der Waals surface area contributed by atoms with Crippen molar-refractivity contribution in [1.82, 2.24) is 4.90 Å². The SMILES string of the molecule is NCC1CN(CC2CCC3(CCCCC3)O2)C1. The molecule has 0 bridgehead atoms. The van der Waals surface area contributed by atoms with E-state index in [1.807, 2.05) is 0 Å². The Balaban J connectivity index is 1.44. The van der Waals surface area contributed by atoms with Crippen LogP contribution in [0, 0.1) is 5.92 Å². The minimum absolute atomic E-state index is 0.293. The molecule has 1 saturated carbocycles. The number of rotatable bonds is 3. The highest BCUT2D eigenvalue weighted by atomic mass is 16.5. The largest absolute Gasteiger partial charge is 0.370 e. The van der Waals surface area contributed by atoms with Gasteiger partial charge in [0.15, 0.2) is 0 Å². The Kier molecular flexibility index (Phi) is 3.42. The van der Waals surface area contributed by atoms with Gasteiger partial charge in [-0.1, -0.05) is 19.3 Å². The van der Waals surface area contributed by atoms with Gasteiger partial charge in [-0.2, -0.15) is 0 Å². The molecule has 17 heavy (non-hydrogen) atoms. The first-order valence-electron chi connectivity index (χ1n) is 7.40. The Morgan fingerprint density at radius 3 is 2.59 bits per heavy atom. The topological polar surface area (TPSA) is 38.5 Å². The average molecular weight is 238 g/mol. The molecule has 2 heterocycles. The number of hydrogen-bond acceptors (Lipinski definition) is 3. The van der Waals surface area contributed by atoms with E-state index < -0.39 is 0 Å². The van der Waals surface area contributed by atoms with Gasteiger partial charge >= 0.3 is 0 Å². The minimum Gasteiger partial charge on any atom is -0.370 e. The van der Waals surface area contributed by atoms with E-state index in [0.29, 0.717) is 11.7 Å². The summed E-state index contributed by atoms with van der Waals surface area (Å²) >= 11 is 0. The van der Waals surface area contributed by atoms with Crippen LogP contribution in [0.5, 0.6) is 0 Å². The lowest BCUT2D eigenvalue weighted by atomic mass is 9.83. The van der Waals surface area contributed by atoms with Crippen LogP contribution in [0.3, 0.4) is 0 Å². The van der Waals surface area contributed by atoms with E-state index in [2.05, 4.69) is 4.90 Å². The van der Waals surface area contributed by atoms with Crippen molar-refractivity contribution in [1.29, 1.82) is 0 Å². The van der Waals surface area contributed by atoms with Gasteiger partial charge in [0.2, 0.25) is 0 Å². The molecule has 3 heteroatoms. The number of hydrogen-bond donors (Lipinski definition) is 1. The van der Waals surface area contributed by atoms with E-state index in [0.717, 1.165) is 19.0 Å². The molecule has 3 rings (SSSR count). The van der Waals surface area contributed by atoms with Crippen molar-refractivity contribution < 1.29 is 4.74 Å². The fraction of sp³-hybridized carbons (Fsp3) is 1.00. The maximum atomic E-state index is 6.39. The van der Waals surface area contributed by atoms with Crippen LogP contribution < -0.4 is 5.73 Å². The van der Waals surface area contributed by atoms with Crippen molar-refractivity contribution >= 4 is 0 Å². The van der Waals surface area contributed by atoms with Crippen LogP contribution in [-0.2, 0) is 4.74 Å². The van der Waals surface area contributed by atoms with Gasteiger partial charge in [-0.15, -0.1) is 0 Å². The summed E-state index contributed by atoms with van der Waals surface area (Å²) in [5, 5.41) is 0. The first kappa shape index (κ1) is 11.9. The highest BCUT2D eigenvalue weighted by molar-refractivity contribution is 4.93. The van der Waals surface area contributed by atoms with Gasteiger partial charge in [-0.25, -0.2) is 0 Å². The zero-order valence-corrected chi connectivity index (χ0v) is 10.9. The Hall–Kier alpha value is -0.120. The maximum absolute atomic E-state index is 6.39. The number of likely N-dealkylation sites (tertiary alicyclic amines) is 1. The number of nitrogens with zero attached hydrogens (tertiary/aromatic N) is 1. The second kappa shape index (κ2) is 4.87. The Morgan fingerprint density at radius 2 is 1.88 bits per heavy atom. The van der Waals surface area contributed by atoms with E-state index in [-0.39, 0.29) is 0 Å². The Bertz CT molecular complexity index is 257. The summed E-state index contributed by atoms with van der Waals surface area (Å²) in [6.07, 6.45) is 9.91. The first-order valence-corrected chi connectivity index (χ1v) is 7.40. The fourth-order valence-electron chi connectivity index (χ4n) is 3.85. The molecule has 0 aromatic carbocycles. The maximum Gasteiger partial charge on any atom is 0.0710 e. The van der Waals surface area contributed by atoms with Crippen molar-refractivity contribution in [2.45, 2.75) is 56.7 Å². The summed E-state index contributed by atoms with van der Waals surface area (Å²) in [6, 6.07) is 0. The molecular formula is C14H26N2O. The van der Waals surface area contributed by atoms with Crippen molar-refractivity contribution in [2.24, 2.45) is 11.7 Å².